The number of aliphatic hydroxyl groups excluding tert-OH is 1. The van der Waals surface area contributed by atoms with Crippen molar-refractivity contribution in [1.29, 1.82) is 0 Å². The van der Waals surface area contributed by atoms with Crippen molar-refractivity contribution in [3.63, 3.8) is 0 Å². The fourth-order valence-electron chi connectivity index (χ4n) is 3.57. The number of H-pyrrole nitrogens is 1. The van der Waals surface area contributed by atoms with Crippen LogP contribution in [0.5, 0.6) is 5.75 Å². The molecule has 1 fully saturated rings. The number of halogens is 1. The van der Waals surface area contributed by atoms with Gasteiger partial charge in [0.1, 0.15) is 0 Å². The average Bonchev–Trinajstić information content (AvgIpc) is 3.01. The first-order valence-electron chi connectivity index (χ1n) is 11.2. The number of rotatable bonds is 10. The molecule has 0 amide bonds. The van der Waals surface area contributed by atoms with Gasteiger partial charge in [0, 0.05) is 0 Å². The Morgan fingerprint density at radius 1 is 1.28 bits per heavy atom. The van der Waals surface area contributed by atoms with Gasteiger partial charge in [0.25, 0.3) is 0 Å². The van der Waals surface area contributed by atoms with Gasteiger partial charge in [-0.15, -0.1) is 0 Å². The monoisotopic (exact) mass is 531 g/mol. The van der Waals surface area contributed by atoms with Crippen LogP contribution in [0.2, 0.25) is 0 Å². The normalized spacial score (nSPS) is 25.5. The molecule has 0 radical (unpaired) electrons. The number of benzene rings is 1. The molecule has 5 atom stereocenters. The fraction of sp³-hybridized carbons (Fsp3) is 0.500. The topological polar surface area (TPSA) is 161 Å². The first-order chi connectivity index (χ1) is 16.8. The summed E-state index contributed by atoms with van der Waals surface area (Å²) in [5, 5.41) is 13.2. The van der Waals surface area contributed by atoms with Gasteiger partial charge in [-0.25, -0.2) is 0 Å². The van der Waals surface area contributed by atoms with Crippen molar-refractivity contribution in [3.8, 4) is 5.75 Å². The van der Waals surface area contributed by atoms with Crippen molar-refractivity contribution in [3.05, 3.63) is 63.4 Å². The van der Waals surface area contributed by atoms with Crippen molar-refractivity contribution in [2.24, 2.45) is 0 Å². The molecule has 2 heterocycles. The number of alkyl halides is 1. The summed E-state index contributed by atoms with van der Waals surface area (Å²) in [4.78, 5) is 49.0. The summed E-state index contributed by atoms with van der Waals surface area (Å²) in [7, 11) is -4.41. The number of carbonyl (C=O) groups is 1. The van der Waals surface area contributed by atoms with E-state index in [1.165, 1.54) is 6.92 Å². The zero-order chi connectivity index (χ0) is 26.7. The van der Waals surface area contributed by atoms with Crippen molar-refractivity contribution in [1.82, 2.24) is 14.6 Å². The number of hydrogen-bond donors (Lipinski definition) is 4. The molecule has 14 heteroatoms. The number of aromatic nitrogens is 2. The van der Waals surface area contributed by atoms with Crippen LogP contribution < -0.4 is 20.9 Å². The van der Waals surface area contributed by atoms with Gasteiger partial charge in [-0.05, 0) is 0 Å². The van der Waals surface area contributed by atoms with E-state index in [4.69, 9.17) is 18.5 Å². The summed E-state index contributed by atoms with van der Waals surface area (Å²) in [6.07, 6.45) is -4.07. The third-order valence-corrected chi connectivity index (χ3v) is 7.24. The minimum atomic E-state index is -4.41. The summed E-state index contributed by atoms with van der Waals surface area (Å²) in [6, 6.07) is 8.13. The van der Waals surface area contributed by atoms with E-state index >= 15 is 4.39 Å². The molecule has 0 aliphatic carbocycles. The van der Waals surface area contributed by atoms with Gasteiger partial charge in [-0.3, -0.25) is 0 Å². The van der Waals surface area contributed by atoms with Crippen LogP contribution in [0.25, 0.3) is 0 Å². The molecule has 1 aromatic carbocycles. The molecule has 0 saturated carbocycles. The first kappa shape index (κ1) is 27.9. The molecule has 0 spiro atoms. The summed E-state index contributed by atoms with van der Waals surface area (Å²) >= 11 is 0. The number of hydrogen-bond acceptors (Lipinski definition) is 10. The van der Waals surface area contributed by atoms with Gasteiger partial charge in [0.2, 0.25) is 0 Å². The van der Waals surface area contributed by atoms with Crippen LogP contribution in [-0.4, -0.2) is 62.1 Å². The van der Waals surface area contributed by atoms with Crippen LogP contribution in [0, 0.1) is 0 Å². The van der Waals surface area contributed by atoms with E-state index in [-0.39, 0.29) is 5.75 Å². The molecule has 0 unspecified atom stereocenters. The predicted molar refractivity (Wildman–Crippen MR) is 128 cm³/mol. The fourth-order valence-corrected chi connectivity index (χ4v) is 5.29. The molecule has 3 rings (SSSR count). The Balaban J connectivity index is 1.79. The summed E-state index contributed by atoms with van der Waals surface area (Å²) in [6.45, 7) is 5.25. The molecule has 1 aliphatic rings. The second kappa shape index (κ2) is 11.2. The molecule has 12 nitrogen and oxygen atoms in total. The van der Waals surface area contributed by atoms with Crippen molar-refractivity contribution in [2.45, 2.75) is 63.9 Å². The molecular weight excluding hydrogens is 500 g/mol. The van der Waals surface area contributed by atoms with Gasteiger partial charge >= 0.3 is 206 Å². The van der Waals surface area contributed by atoms with Crippen LogP contribution in [0.1, 0.15) is 33.9 Å². The van der Waals surface area contributed by atoms with Gasteiger partial charge in [0.05, 0.1) is 0 Å². The van der Waals surface area contributed by atoms with Crippen LogP contribution in [-0.2, 0) is 18.8 Å². The maximum atomic E-state index is 15.4. The Bertz CT molecular complexity index is 1160. The van der Waals surface area contributed by atoms with E-state index in [0.717, 1.165) is 23.8 Å². The van der Waals surface area contributed by atoms with Crippen molar-refractivity contribution >= 4 is 14.1 Å². The summed E-state index contributed by atoms with van der Waals surface area (Å²) < 4.78 is 38.2. The zero-order valence-corrected chi connectivity index (χ0v) is 21.2. The Hall–Kier alpha value is -2.67. The number of aliphatic hydroxyl groups is 1. The minimum absolute atomic E-state index is 0.226. The molecular formula is C22H31FN3O9P. The van der Waals surface area contributed by atoms with Gasteiger partial charge in [0.15, 0.2) is 0 Å². The molecule has 1 aliphatic heterocycles. The number of nitrogens with zero attached hydrogens (tertiary/aromatic N) is 1. The molecule has 200 valence electrons. The SMILES string of the molecule is CC(C)OC(=O)[C@H](C)N[PH](O)(OC[C@H]1O[C@@H](n2ccc(=O)[nH]c2=O)[C@](C)(F)[C@@H]1O)Oc1ccccc1. The summed E-state index contributed by atoms with van der Waals surface area (Å²) in [5.74, 6) is -0.438. The van der Waals surface area contributed by atoms with E-state index in [1.54, 1.807) is 44.2 Å². The molecule has 4 N–H and O–H groups in total. The molecule has 1 saturated heterocycles. The predicted octanol–water partition coefficient (Wildman–Crippen LogP) is 0.951. The summed E-state index contributed by atoms with van der Waals surface area (Å²) in [5.41, 5.74) is -4.07. The maximum absolute atomic E-state index is 15.4. The van der Waals surface area contributed by atoms with Crippen LogP contribution in [0.4, 0.5) is 4.39 Å². The van der Waals surface area contributed by atoms with Crippen molar-refractivity contribution < 1.29 is 37.7 Å². The quantitative estimate of drug-likeness (QED) is 0.257. The third kappa shape index (κ3) is 6.55. The van der Waals surface area contributed by atoms with Crippen LogP contribution >= 0.6 is 8.09 Å². The van der Waals surface area contributed by atoms with E-state index in [9.17, 15) is 24.4 Å². The van der Waals surface area contributed by atoms with E-state index in [0.29, 0.717) is 0 Å². The number of para-hydroxylation sites is 1. The molecule has 0 bridgehead atoms. The van der Waals surface area contributed by atoms with Crippen LogP contribution in [0.15, 0.2) is 52.2 Å². The van der Waals surface area contributed by atoms with Gasteiger partial charge in [-0.1, -0.05) is 0 Å². The van der Waals surface area contributed by atoms with Crippen LogP contribution in [0.3, 0.4) is 0 Å². The second-order valence-corrected chi connectivity index (χ2v) is 10.7. The Kier molecular flexibility index (Phi) is 8.65. The Morgan fingerprint density at radius 3 is 2.56 bits per heavy atom. The Labute approximate surface area is 206 Å². The molecule has 2 aromatic rings. The van der Waals surface area contributed by atoms with Gasteiger partial charge in [-0.2, -0.15) is 0 Å². The zero-order valence-electron chi connectivity index (χ0n) is 20.2. The Morgan fingerprint density at radius 2 is 1.94 bits per heavy atom. The van der Waals surface area contributed by atoms with E-state index in [1.807, 2.05) is 4.98 Å². The molecule has 36 heavy (non-hydrogen) atoms. The number of esters is 1. The van der Waals surface area contributed by atoms with Crippen molar-refractivity contribution in [2.75, 3.05) is 6.61 Å². The van der Waals surface area contributed by atoms with E-state index in [2.05, 4.69) is 5.09 Å². The number of aromatic amines is 1. The number of nitrogens with one attached hydrogen (secondary N) is 2. The third-order valence-electron chi connectivity index (χ3n) is 5.37. The van der Waals surface area contributed by atoms with Gasteiger partial charge < -0.3 is 0 Å². The average molecular weight is 531 g/mol. The number of carbonyl (C=O) groups excluding carboxylic acids is 1. The second-order valence-electron chi connectivity index (χ2n) is 8.80. The first-order valence-corrected chi connectivity index (χ1v) is 13.0. The number of ether oxygens (including phenoxy) is 2. The molecule has 1 aromatic heterocycles. The van der Waals surface area contributed by atoms with E-state index < -0.39 is 68.2 Å². The standard InChI is InChI=1S/C22H31FN3O9P/c1-13(2)33-19(29)14(3)25-36(31,35-15-8-6-5-7-9-15)32-12-16-18(28)22(4,23)20(34-16)26-11-10-17(27)24-21(26)30/h5-11,13-14,16,18,20,25,28,31,36H,12H2,1-4H3,(H,24,27,30)/t14-,16+,18+,20+,22+/m0/s1.